The molecule has 3 nitrogen and oxygen atoms in total. The van der Waals surface area contributed by atoms with Crippen LogP contribution in [0.25, 0.3) is 0 Å². The van der Waals surface area contributed by atoms with Crippen molar-refractivity contribution >= 4 is 29.0 Å². The molecule has 2 atom stereocenters. The third kappa shape index (κ3) is 4.86. The molecule has 3 heterocycles. The van der Waals surface area contributed by atoms with Crippen LogP contribution in [0.3, 0.4) is 0 Å². The van der Waals surface area contributed by atoms with Crippen LogP contribution < -0.4 is 0 Å². The Kier molecular flexibility index (Phi) is 6.93. The van der Waals surface area contributed by atoms with Crippen molar-refractivity contribution in [1.29, 1.82) is 0 Å². The highest BCUT2D eigenvalue weighted by Gasteiger charge is 2.34. The van der Waals surface area contributed by atoms with E-state index in [2.05, 4.69) is 16.7 Å². The van der Waals surface area contributed by atoms with E-state index in [1.54, 1.807) is 6.07 Å². The van der Waals surface area contributed by atoms with Gasteiger partial charge in [0.2, 0.25) is 0 Å². The predicted molar refractivity (Wildman–Crippen MR) is 120 cm³/mol. The van der Waals surface area contributed by atoms with Crippen LogP contribution in [0.2, 0.25) is 0 Å². The highest BCUT2D eigenvalue weighted by atomic mass is 32.2. The molecule has 0 saturated carbocycles. The summed E-state index contributed by atoms with van der Waals surface area (Å²) in [5, 5.41) is 1.94. The molecule has 1 amide bonds. The van der Waals surface area contributed by atoms with Gasteiger partial charge in [-0.2, -0.15) is 11.8 Å². The molecule has 4 rings (SSSR count). The lowest BCUT2D eigenvalue weighted by atomic mass is 9.84. The van der Waals surface area contributed by atoms with Gasteiger partial charge in [-0.25, -0.2) is 4.39 Å². The average molecular weight is 433 g/mol. The van der Waals surface area contributed by atoms with E-state index in [4.69, 9.17) is 0 Å². The van der Waals surface area contributed by atoms with E-state index < -0.39 is 0 Å². The van der Waals surface area contributed by atoms with E-state index in [1.807, 2.05) is 41.6 Å². The number of amides is 1. The zero-order chi connectivity index (χ0) is 20.2. The molecule has 156 valence electrons. The van der Waals surface area contributed by atoms with Gasteiger partial charge in [0.25, 0.3) is 5.91 Å². The van der Waals surface area contributed by atoms with Gasteiger partial charge in [0, 0.05) is 24.9 Å². The van der Waals surface area contributed by atoms with Gasteiger partial charge < -0.3 is 4.90 Å². The predicted octanol–water partition coefficient (Wildman–Crippen LogP) is 4.79. The Morgan fingerprint density at radius 1 is 1.21 bits per heavy atom. The first-order valence-corrected chi connectivity index (χ1v) is 12.5. The molecule has 0 N–H and O–H groups in total. The zero-order valence-corrected chi connectivity index (χ0v) is 18.6. The molecule has 0 unspecified atom stereocenters. The standard InChI is InChI=1S/C23H29FN2OS2/c1-25(23(27)22-7-4-13-29-22)21(15-18-5-2-3-6-20(18)24)17-8-11-26(12-9-17)19-10-14-28-16-19/h2-7,13,17,19,21H,8-12,14-16H2,1H3/t19-,21-/m0/s1. The highest BCUT2D eigenvalue weighted by Crippen LogP contribution is 2.31. The maximum Gasteiger partial charge on any atom is 0.263 e. The van der Waals surface area contributed by atoms with E-state index in [9.17, 15) is 9.18 Å². The number of rotatable bonds is 6. The number of piperidine rings is 1. The molecule has 2 fully saturated rings. The minimum atomic E-state index is -0.171. The molecular formula is C23H29FN2OS2. The molecule has 2 aliphatic heterocycles. The molecule has 29 heavy (non-hydrogen) atoms. The van der Waals surface area contributed by atoms with Gasteiger partial charge >= 0.3 is 0 Å². The summed E-state index contributed by atoms with van der Waals surface area (Å²) in [5.41, 5.74) is 0.706. The quantitative estimate of drug-likeness (QED) is 0.656. The first kappa shape index (κ1) is 20.9. The van der Waals surface area contributed by atoms with Crippen LogP contribution in [-0.2, 0) is 6.42 Å². The van der Waals surface area contributed by atoms with Crippen molar-refractivity contribution in [2.45, 2.75) is 37.8 Å². The summed E-state index contributed by atoms with van der Waals surface area (Å²) in [7, 11) is 1.90. The number of hydrogen-bond acceptors (Lipinski definition) is 4. The Labute approximate surface area is 181 Å². The fourth-order valence-electron chi connectivity index (χ4n) is 4.71. The van der Waals surface area contributed by atoms with Crippen molar-refractivity contribution in [1.82, 2.24) is 9.80 Å². The van der Waals surface area contributed by atoms with Crippen molar-refractivity contribution < 1.29 is 9.18 Å². The molecular weight excluding hydrogens is 403 g/mol. The number of carbonyl (C=O) groups excluding carboxylic acids is 1. The van der Waals surface area contributed by atoms with Crippen molar-refractivity contribution in [2.75, 3.05) is 31.6 Å². The maximum atomic E-state index is 14.4. The summed E-state index contributed by atoms with van der Waals surface area (Å²) in [4.78, 5) is 18.3. The zero-order valence-electron chi connectivity index (χ0n) is 16.9. The third-order valence-electron chi connectivity index (χ3n) is 6.48. The lowest BCUT2D eigenvalue weighted by Crippen LogP contribution is -2.49. The second kappa shape index (κ2) is 9.63. The monoisotopic (exact) mass is 432 g/mol. The van der Waals surface area contributed by atoms with Gasteiger partial charge in [-0.3, -0.25) is 9.69 Å². The number of thioether (sulfide) groups is 1. The fraction of sp³-hybridized carbons (Fsp3) is 0.522. The first-order chi connectivity index (χ1) is 14.1. The molecule has 6 heteroatoms. The van der Waals surface area contributed by atoms with Gasteiger partial charge in [-0.1, -0.05) is 24.3 Å². The molecule has 0 aliphatic carbocycles. The molecule has 2 aliphatic rings. The maximum absolute atomic E-state index is 14.4. The fourth-order valence-corrected chi connectivity index (χ4v) is 6.67. The van der Waals surface area contributed by atoms with E-state index in [-0.39, 0.29) is 17.8 Å². The SMILES string of the molecule is CN(C(=O)c1cccs1)[C@@H](Cc1ccccc1F)C1CCN([C@H]2CCSC2)CC1. The van der Waals surface area contributed by atoms with Crippen LogP contribution in [0, 0.1) is 11.7 Å². The first-order valence-electron chi connectivity index (χ1n) is 10.5. The van der Waals surface area contributed by atoms with Crippen molar-refractivity contribution in [3.63, 3.8) is 0 Å². The van der Waals surface area contributed by atoms with E-state index in [0.717, 1.165) is 36.9 Å². The number of carbonyl (C=O) groups is 1. The minimum absolute atomic E-state index is 0.0154. The number of likely N-dealkylation sites (N-methyl/N-ethyl adjacent to an activating group) is 1. The van der Waals surface area contributed by atoms with Crippen LogP contribution >= 0.6 is 23.1 Å². The second-order valence-corrected chi connectivity index (χ2v) is 10.2. The van der Waals surface area contributed by atoms with Crippen molar-refractivity contribution in [3.8, 4) is 0 Å². The molecule has 0 bridgehead atoms. The van der Waals surface area contributed by atoms with Crippen LogP contribution in [-0.4, -0.2) is 59.4 Å². The topological polar surface area (TPSA) is 23.6 Å². The third-order valence-corrected chi connectivity index (χ3v) is 8.48. The Hall–Kier alpha value is -1.37. The Morgan fingerprint density at radius 2 is 2.00 bits per heavy atom. The number of hydrogen-bond donors (Lipinski definition) is 0. The lowest BCUT2D eigenvalue weighted by molar-refractivity contribution is 0.0560. The van der Waals surface area contributed by atoms with E-state index in [1.165, 1.54) is 35.3 Å². The van der Waals surface area contributed by atoms with E-state index >= 15 is 0 Å². The largest absolute Gasteiger partial charge is 0.337 e. The van der Waals surface area contributed by atoms with Gasteiger partial charge in [0.1, 0.15) is 5.82 Å². The van der Waals surface area contributed by atoms with Gasteiger partial charge in [0.05, 0.1) is 4.88 Å². The van der Waals surface area contributed by atoms with Gasteiger partial charge in [-0.05, 0) is 73.5 Å². The Morgan fingerprint density at radius 3 is 2.66 bits per heavy atom. The number of halogens is 1. The summed E-state index contributed by atoms with van der Waals surface area (Å²) >= 11 is 3.53. The van der Waals surface area contributed by atoms with Crippen molar-refractivity contribution in [3.05, 3.63) is 58.0 Å². The van der Waals surface area contributed by atoms with Gasteiger partial charge in [0.15, 0.2) is 0 Å². The van der Waals surface area contributed by atoms with E-state index in [0.29, 0.717) is 17.9 Å². The summed E-state index contributed by atoms with van der Waals surface area (Å²) in [6.45, 7) is 2.18. The molecule has 0 spiro atoms. The normalized spacial score (nSPS) is 21.9. The molecule has 0 radical (unpaired) electrons. The Bertz CT molecular complexity index is 799. The number of likely N-dealkylation sites (tertiary alicyclic amines) is 1. The summed E-state index contributed by atoms with van der Waals surface area (Å²) in [5.74, 6) is 2.80. The summed E-state index contributed by atoms with van der Waals surface area (Å²) < 4.78 is 14.4. The summed E-state index contributed by atoms with van der Waals surface area (Å²) in [6.07, 6.45) is 4.01. The lowest BCUT2D eigenvalue weighted by Gasteiger charge is -2.41. The summed E-state index contributed by atoms with van der Waals surface area (Å²) in [6, 6.07) is 11.5. The van der Waals surface area contributed by atoms with Crippen LogP contribution in [0.5, 0.6) is 0 Å². The number of nitrogens with zero attached hydrogens (tertiary/aromatic N) is 2. The molecule has 2 saturated heterocycles. The second-order valence-electron chi connectivity index (χ2n) is 8.15. The van der Waals surface area contributed by atoms with Crippen LogP contribution in [0.15, 0.2) is 41.8 Å². The van der Waals surface area contributed by atoms with Gasteiger partial charge in [-0.15, -0.1) is 11.3 Å². The smallest absolute Gasteiger partial charge is 0.263 e. The minimum Gasteiger partial charge on any atom is -0.337 e. The average Bonchev–Trinajstić information content (AvgIpc) is 3.47. The molecule has 1 aromatic carbocycles. The molecule has 1 aromatic heterocycles. The molecule has 2 aromatic rings. The number of thiophene rings is 1. The van der Waals surface area contributed by atoms with Crippen LogP contribution in [0.4, 0.5) is 4.39 Å². The number of benzene rings is 1. The Balaban J connectivity index is 1.50. The van der Waals surface area contributed by atoms with Crippen LogP contribution in [0.1, 0.15) is 34.5 Å². The highest BCUT2D eigenvalue weighted by molar-refractivity contribution is 7.99. The van der Waals surface area contributed by atoms with Crippen molar-refractivity contribution in [2.24, 2.45) is 5.92 Å².